The van der Waals surface area contributed by atoms with Crippen molar-refractivity contribution in [3.05, 3.63) is 62.6 Å². The van der Waals surface area contributed by atoms with E-state index >= 15 is 0 Å². The van der Waals surface area contributed by atoms with Gasteiger partial charge in [0.15, 0.2) is 5.52 Å². The van der Waals surface area contributed by atoms with Gasteiger partial charge in [-0.3, -0.25) is 10.1 Å². The van der Waals surface area contributed by atoms with Crippen molar-refractivity contribution < 1.29 is 4.92 Å². The maximum Gasteiger partial charge on any atom is 0.300 e. The molecular weight excluding hydrogens is 324 g/mol. The molecular formula is C13H9BrN4O2. The number of fused-ring (bicyclic) bond motifs is 1. The van der Waals surface area contributed by atoms with Crippen LogP contribution in [0.15, 0.2) is 46.9 Å². The van der Waals surface area contributed by atoms with Crippen molar-refractivity contribution in [3.8, 4) is 0 Å². The van der Waals surface area contributed by atoms with Crippen LogP contribution in [0.5, 0.6) is 0 Å². The zero-order valence-corrected chi connectivity index (χ0v) is 11.8. The Kier molecular flexibility index (Phi) is 3.19. The first-order valence-corrected chi connectivity index (χ1v) is 6.65. The van der Waals surface area contributed by atoms with E-state index in [1.54, 1.807) is 10.7 Å². The summed E-state index contributed by atoms with van der Waals surface area (Å²) >= 11 is 3.28. The number of benzene rings is 2. The fourth-order valence-corrected chi connectivity index (χ4v) is 2.46. The summed E-state index contributed by atoms with van der Waals surface area (Å²) in [6.07, 6.45) is 0. The Morgan fingerprint density at radius 3 is 2.70 bits per heavy atom. The highest BCUT2D eigenvalue weighted by Crippen LogP contribution is 2.28. The van der Waals surface area contributed by atoms with Crippen LogP contribution in [0, 0.1) is 10.1 Å². The van der Waals surface area contributed by atoms with Crippen LogP contribution in [-0.2, 0) is 6.54 Å². The van der Waals surface area contributed by atoms with E-state index in [1.165, 1.54) is 6.07 Å². The molecule has 0 aliphatic carbocycles. The van der Waals surface area contributed by atoms with Gasteiger partial charge in [-0.05, 0) is 11.6 Å². The average molecular weight is 333 g/mol. The quantitative estimate of drug-likeness (QED) is 0.545. The van der Waals surface area contributed by atoms with Crippen LogP contribution < -0.4 is 0 Å². The second-order valence-corrected chi connectivity index (χ2v) is 5.20. The number of non-ortho nitro benzene ring substituents is 1. The van der Waals surface area contributed by atoms with Gasteiger partial charge in [-0.1, -0.05) is 51.5 Å². The molecule has 1 heterocycles. The minimum atomic E-state index is -0.450. The molecule has 0 spiro atoms. The monoisotopic (exact) mass is 332 g/mol. The summed E-state index contributed by atoms with van der Waals surface area (Å²) in [5.41, 5.74) is 1.94. The van der Waals surface area contributed by atoms with E-state index in [0.29, 0.717) is 22.1 Å². The zero-order valence-electron chi connectivity index (χ0n) is 10.2. The number of nitrogens with zero attached hydrogens (tertiary/aromatic N) is 4. The molecule has 0 saturated heterocycles. The molecule has 0 radical (unpaired) electrons. The SMILES string of the molecule is O=[N+]([O-])c1cc(Br)cc2c1nnn2Cc1ccccc1. The summed E-state index contributed by atoms with van der Waals surface area (Å²) in [4.78, 5) is 10.6. The summed E-state index contributed by atoms with van der Waals surface area (Å²) < 4.78 is 2.29. The van der Waals surface area contributed by atoms with E-state index < -0.39 is 4.92 Å². The van der Waals surface area contributed by atoms with Crippen LogP contribution >= 0.6 is 15.9 Å². The maximum atomic E-state index is 11.0. The highest BCUT2D eigenvalue weighted by molar-refractivity contribution is 9.10. The third kappa shape index (κ3) is 2.27. The van der Waals surface area contributed by atoms with Crippen molar-refractivity contribution in [2.75, 3.05) is 0 Å². The fourth-order valence-electron chi connectivity index (χ4n) is 2.03. The van der Waals surface area contributed by atoms with E-state index in [-0.39, 0.29) is 5.69 Å². The first-order valence-electron chi connectivity index (χ1n) is 5.86. The molecule has 3 rings (SSSR count). The Hall–Kier alpha value is -2.28. The molecule has 0 unspecified atom stereocenters. The summed E-state index contributed by atoms with van der Waals surface area (Å²) in [5.74, 6) is 0. The van der Waals surface area contributed by atoms with Crippen molar-refractivity contribution >= 4 is 32.7 Å². The van der Waals surface area contributed by atoms with Crippen molar-refractivity contribution in [2.24, 2.45) is 0 Å². The van der Waals surface area contributed by atoms with Gasteiger partial charge in [0, 0.05) is 10.5 Å². The van der Waals surface area contributed by atoms with Gasteiger partial charge in [-0.15, -0.1) is 5.10 Å². The van der Waals surface area contributed by atoms with Crippen LogP contribution in [0.4, 0.5) is 5.69 Å². The molecule has 0 atom stereocenters. The molecule has 6 nitrogen and oxygen atoms in total. The normalized spacial score (nSPS) is 10.8. The van der Waals surface area contributed by atoms with Gasteiger partial charge in [0.25, 0.3) is 5.69 Å². The lowest BCUT2D eigenvalue weighted by Gasteiger charge is -2.02. The summed E-state index contributed by atoms with van der Waals surface area (Å²) in [6, 6.07) is 13.0. The van der Waals surface area contributed by atoms with Crippen LogP contribution in [-0.4, -0.2) is 19.9 Å². The number of hydrogen-bond acceptors (Lipinski definition) is 4. The second-order valence-electron chi connectivity index (χ2n) is 4.28. The number of halogens is 1. The predicted molar refractivity (Wildman–Crippen MR) is 77.4 cm³/mol. The molecule has 0 aliphatic heterocycles. The van der Waals surface area contributed by atoms with Crippen LogP contribution in [0.3, 0.4) is 0 Å². The Balaban J connectivity index is 2.12. The van der Waals surface area contributed by atoms with E-state index in [0.717, 1.165) is 5.56 Å². The Bertz CT molecular complexity index is 786. The van der Waals surface area contributed by atoms with Crippen molar-refractivity contribution in [1.82, 2.24) is 15.0 Å². The third-order valence-electron chi connectivity index (χ3n) is 2.94. The van der Waals surface area contributed by atoms with Gasteiger partial charge in [0.2, 0.25) is 0 Å². The summed E-state index contributed by atoms with van der Waals surface area (Å²) in [5, 5.41) is 19.0. The summed E-state index contributed by atoms with van der Waals surface area (Å²) in [6.45, 7) is 0.519. The van der Waals surface area contributed by atoms with Crippen LogP contribution in [0.2, 0.25) is 0 Å². The number of rotatable bonds is 3. The zero-order chi connectivity index (χ0) is 14.1. The average Bonchev–Trinajstić information content (AvgIpc) is 2.82. The molecule has 100 valence electrons. The van der Waals surface area contributed by atoms with Gasteiger partial charge in [0.1, 0.15) is 0 Å². The van der Waals surface area contributed by atoms with E-state index in [2.05, 4.69) is 26.2 Å². The Morgan fingerprint density at radius 2 is 2.00 bits per heavy atom. The van der Waals surface area contributed by atoms with Gasteiger partial charge < -0.3 is 0 Å². The van der Waals surface area contributed by atoms with E-state index in [4.69, 9.17) is 0 Å². The fraction of sp³-hybridized carbons (Fsp3) is 0.0769. The standard InChI is InChI=1S/C13H9BrN4O2/c14-10-6-11-13(12(7-10)18(19)20)15-16-17(11)8-9-4-2-1-3-5-9/h1-7H,8H2. The van der Waals surface area contributed by atoms with Gasteiger partial charge in [0.05, 0.1) is 17.0 Å². The molecule has 0 saturated carbocycles. The van der Waals surface area contributed by atoms with Crippen molar-refractivity contribution in [3.63, 3.8) is 0 Å². The van der Waals surface area contributed by atoms with E-state index in [1.807, 2.05) is 30.3 Å². The number of nitro groups is 1. The Labute approximate surface area is 122 Å². The first-order chi connectivity index (χ1) is 9.65. The molecule has 0 fully saturated rings. The lowest BCUT2D eigenvalue weighted by atomic mass is 10.2. The lowest BCUT2D eigenvalue weighted by Crippen LogP contribution is -2.01. The molecule has 2 aromatic carbocycles. The van der Waals surface area contributed by atoms with Gasteiger partial charge >= 0.3 is 0 Å². The van der Waals surface area contributed by atoms with Gasteiger partial charge in [-0.2, -0.15) is 0 Å². The third-order valence-corrected chi connectivity index (χ3v) is 3.39. The Morgan fingerprint density at radius 1 is 1.25 bits per heavy atom. The van der Waals surface area contributed by atoms with E-state index in [9.17, 15) is 10.1 Å². The molecule has 1 aromatic heterocycles. The molecule has 0 N–H and O–H groups in total. The molecule has 0 aliphatic rings. The molecule has 20 heavy (non-hydrogen) atoms. The highest BCUT2D eigenvalue weighted by Gasteiger charge is 2.18. The largest absolute Gasteiger partial charge is 0.300 e. The van der Waals surface area contributed by atoms with Crippen molar-refractivity contribution in [2.45, 2.75) is 6.54 Å². The minimum Gasteiger partial charge on any atom is -0.258 e. The molecule has 0 bridgehead atoms. The highest BCUT2D eigenvalue weighted by atomic mass is 79.9. The number of nitro benzene ring substituents is 1. The smallest absolute Gasteiger partial charge is 0.258 e. The second kappa shape index (κ2) is 5.01. The van der Waals surface area contributed by atoms with Crippen LogP contribution in [0.25, 0.3) is 11.0 Å². The molecule has 0 amide bonds. The predicted octanol–water partition coefficient (Wildman–Crippen LogP) is 3.15. The van der Waals surface area contributed by atoms with Crippen molar-refractivity contribution in [1.29, 1.82) is 0 Å². The molecule has 7 heteroatoms. The number of aromatic nitrogens is 3. The first kappa shape index (κ1) is 12.7. The molecule has 3 aromatic rings. The lowest BCUT2D eigenvalue weighted by molar-refractivity contribution is -0.383. The number of hydrogen-bond donors (Lipinski definition) is 0. The van der Waals surface area contributed by atoms with Crippen LogP contribution in [0.1, 0.15) is 5.56 Å². The minimum absolute atomic E-state index is 0.0475. The topological polar surface area (TPSA) is 73.8 Å². The maximum absolute atomic E-state index is 11.0. The summed E-state index contributed by atoms with van der Waals surface area (Å²) in [7, 11) is 0. The van der Waals surface area contributed by atoms with Gasteiger partial charge in [-0.25, -0.2) is 4.68 Å².